The Morgan fingerprint density at radius 2 is 2.10 bits per heavy atom. The highest BCUT2D eigenvalue weighted by Gasteiger charge is 2.13. The number of halogens is 1. The average Bonchev–Trinajstić information content (AvgIpc) is 2.41. The second-order valence-corrected chi connectivity index (χ2v) is 5.32. The number of aryl methyl sites for hydroxylation is 1. The Kier molecular flexibility index (Phi) is 4.28. The molecule has 0 atom stereocenters. The molecule has 1 amide bonds. The average molecular weight is 383 g/mol. The number of non-ortho nitro benzene ring substituents is 1. The summed E-state index contributed by atoms with van der Waals surface area (Å²) >= 11 is 2.12. The first-order valence-corrected chi connectivity index (χ1v) is 6.73. The fraction of sp³-hybridized carbons (Fsp3) is 0.0769. The number of hydrogen-bond donors (Lipinski definition) is 1. The number of amides is 1. The first-order chi connectivity index (χ1) is 9.47. The van der Waals surface area contributed by atoms with Gasteiger partial charge in [-0.25, -0.2) is 4.98 Å². The molecular weight excluding hydrogens is 373 g/mol. The standard InChI is InChI=1S/C13H10IN3O3/c1-8-6-10(17(19)20)3-4-11(8)13(18)16-12-5-2-9(14)7-15-12/h2-7H,1H3,(H,15,16,18). The minimum absolute atomic E-state index is 0.0357. The third kappa shape index (κ3) is 3.29. The van der Waals surface area contributed by atoms with E-state index < -0.39 is 4.92 Å². The molecule has 0 aliphatic heterocycles. The molecule has 0 saturated heterocycles. The number of carbonyl (C=O) groups excluding carboxylic acids is 1. The minimum atomic E-state index is -0.491. The Bertz CT molecular complexity index is 671. The van der Waals surface area contributed by atoms with Crippen molar-refractivity contribution >= 4 is 40.0 Å². The van der Waals surface area contributed by atoms with Crippen LogP contribution in [-0.4, -0.2) is 15.8 Å². The van der Waals surface area contributed by atoms with E-state index >= 15 is 0 Å². The van der Waals surface area contributed by atoms with Crippen molar-refractivity contribution in [1.29, 1.82) is 0 Å². The summed E-state index contributed by atoms with van der Waals surface area (Å²) < 4.78 is 0.965. The van der Waals surface area contributed by atoms with E-state index in [1.807, 2.05) is 6.07 Å². The van der Waals surface area contributed by atoms with Gasteiger partial charge in [0.2, 0.25) is 0 Å². The van der Waals surface area contributed by atoms with Crippen LogP contribution in [0.2, 0.25) is 0 Å². The second-order valence-electron chi connectivity index (χ2n) is 4.07. The number of hydrogen-bond acceptors (Lipinski definition) is 4. The highest BCUT2D eigenvalue weighted by atomic mass is 127. The summed E-state index contributed by atoms with van der Waals surface area (Å²) in [6.45, 7) is 1.66. The molecular formula is C13H10IN3O3. The summed E-state index contributed by atoms with van der Waals surface area (Å²) in [4.78, 5) is 26.3. The van der Waals surface area contributed by atoms with Crippen LogP contribution in [0.1, 0.15) is 15.9 Å². The first-order valence-electron chi connectivity index (χ1n) is 5.65. The van der Waals surface area contributed by atoms with Crippen molar-refractivity contribution in [2.24, 2.45) is 0 Å². The molecule has 0 bridgehead atoms. The molecule has 0 radical (unpaired) electrons. The SMILES string of the molecule is Cc1cc([N+](=O)[O-])ccc1C(=O)Nc1ccc(I)cn1. The van der Waals surface area contributed by atoms with Gasteiger partial charge in [0.15, 0.2) is 0 Å². The zero-order valence-electron chi connectivity index (χ0n) is 10.5. The quantitative estimate of drug-likeness (QED) is 0.501. The molecule has 6 nitrogen and oxygen atoms in total. The zero-order valence-corrected chi connectivity index (χ0v) is 12.6. The summed E-state index contributed by atoms with van der Waals surface area (Å²) in [7, 11) is 0. The number of nitro groups is 1. The number of pyridine rings is 1. The lowest BCUT2D eigenvalue weighted by molar-refractivity contribution is -0.384. The van der Waals surface area contributed by atoms with Crippen molar-refractivity contribution < 1.29 is 9.72 Å². The number of nitro benzene ring substituents is 1. The van der Waals surface area contributed by atoms with Crippen molar-refractivity contribution in [3.8, 4) is 0 Å². The largest absolute Gasteiger partial charge is 0.307 e. The van der Waals surface area contributed by atoms with Gasteiger partial charge in [-0.3, -0.25) is 14.9 Å². The van der Waals surface area contributed by atoms with E-state index in [1.54, 1.807) is 19.2 Å². The van der Waals surface area contributed by atoms with Crippen LogP contribution in [0.4, 0.5) is 11.5 Å². The molecule has 7 heteroatoms. The molecule has 0 aliphatic carbocycles. The molecule has 20 heavy (non-hydrogen) atoms. The fourth-order valence-corrected chi connectivity index (χ4v) is 1.97. The van der Waals surface area contributed by atoms with E-state index in [1.165, 1.54) is 18.2 Å². The summed E-state index contributed by atoms with van der Waals surface area (Å²) in [6.07, 6.45) is 1.64. The lowest BCUT2D eigenvalue weighted by atomic mass is 10.1. The molecule has 1 heterocycles. The molecule has 2 rings (SSSR count). The van der Waals surface area contributed by atoms with E-state index in [4.69, 9.17) is 0 Å². The smallest absolute Gasteiger partial charge is 0.269 e. The maximum atomic E-state index is 12.1. The van der Waals surface area contributed by atoms with E-state index in [0.29, 0.717) is 16.9 Å². The third-order valence-electron chi connectivity index (χ3n) is 2.63. The van der Waals surface area contributed by atoms with Crippen LogP contribution in [0.5, 0.6) is 0 Å². The molecule has 0 aliphatic rings. The number of benzene rings is 1. The number of carbonyl (C=O) groups is 1. The third-order valence-corrected chi connectivity index (χ3v) is 3.27. The van der Waals surface area contributed by atoms with Gasteiger partial charge < -0.3 is 5.32 Å². The van der Waals surface area contributed by atoms with Gasteiger partial charge >= 0.3 is 0 Å². The van der Waals surface area contributed by atoms with E-state index in [-0.39, 0.29) is 11.6 Å². The number of anilines is 1. The Balaban J connectivity index is 2.21. The zero-order chi connectivity index (χ0) is 14.7. The van der Waals surface area contributed by atoms with E-state index in [9.17, 15) is 14.9 Å². The number of aromatic nitrogens is 1. The van der Waals surface area contributed by atoms with Gasteiger partial charge in [-0.2, -0.15) is 0 Å². The van der Waals surface area contributed by atoms with Gasteiger partial charge in [0, 0.05) is 27.5 Å². The van der Waals surface area contributed by atoms with Crippen molar-refractivity contribution in [2.45, 2.75) is 6.92 Å². The van der Waals surface area contributed by atoms with Crippen LogP contribution in [0, 0.1) is 20.6 Å². The van der Waals surface area contributed by atoms with Gasteiger partial charge in [0.25, 0.3) is 11.6 Å². The van der Waals surface area contributed by atoms with Crippen LogP contribution >= 0.6 is 22.6 Å². The summed E-state index contributed by atoms with van der Waals surface area (Å²) in [5.41, 5.74) is 0.893. The number of nitrogens with one attached hydrogen (secondary N) is 1. The molecule has 0 fully saturated rings. The Labute approximate surface area is 128 Å². The Morgan fingerprint density at radius 3 is 2.65 bits per heavy atom. The van der Waals surface area contributed by atoms with Gasteiger partial charge in [0.05, 0.1) is 4.92 Å². The number of rotatable bonds is 3. The van der Waals surface area contributed by atoms with E-state index in [0.717, 1.165) is 3.57 Å². The summed E-state index contributed by atoms with van der Waals surface area (Å²) in [6, 6.07) is 7.64. The molecule has 0 spiro atoms. The predicted molar refractivity (Wildman–Crippen MR) is 82.7 cm³/mol. The highest BCUT2D eigenvalue weighted by molar-refractivity contribution is 14.1. The molecule has 1 aromatic heterocycles. The molecule has 0 saturated carbocycles. The van der Waals surface area contributed by atoms with Crippen molar-refractivity contribution in [2.75, 3.05) is 5.32 Å². The second kappa shape index (κ2) is 5.95. The molecule has 102 valence electrons. The molecule has 2 aromatic rings. The van der Waals surface area contributed by atoms with Crippen LogP contribution in [0.25, 0.3) is 0 Å². The lowest BCUT2D eigenvalue weighted by Gasteiger charge is -2.07. The van der Waals surface area contributed by atoms with Gasteiger partial charge in [-0.15, -0.1) is 0 Å². The molecule has 1 N–H and O–H groups in total. The van der Waals surface area contributed by atoms with Crippen LogP contribution in [0.3, 0.4) is 0 Å². The fourth-order valence-electron chi connectivity index (χ4n) is 1.65. The van der Waals surface area contributed by atoms with Crippen LogP contribution < -0.4 is 5.32 Å². The maximum absolute atomic E-state index is 12.1. The van der Waals surface area contributed by atoms with Crippen molar-refractivity contribution in [3.63, 3.8) is 0 Å². The topological polar surface area (TPSA) is 85.1 Å². The van der Waals surface area contributed by atoms with Gasteiger partial charge in [-0.05, 0) is 53.3 Å². The van der Waals surface area contributed by atoms with Gasteiger partial charge in [-0.1, -0.05) is 0 Å². The van der Waals surface area contributed by atoms with E-state index in [2.05, 4.69) is 32.9 Å². The minimum Gasteiger partial charge on any atom is -0.307 e. The predicted octanol–water partition coefficient (Wildman–Crippen LogP) is 3.16. The monoisotopic (exact) mass is 383 g/mol. The summed E-state index contributed by atoms with van der Waals surface area (Å²) in [5.74, 6) is 0.0966. The molecule has 1 aromatic carbocycles. The van der Waals surface area contributed by atoms with Crippen molar-refractivity contribution in [3.05, 3.63) is 61.3 Å². The normalized spacial score (nSPS) is 10.1. The first kappa shape index (κ1) is 14.4. The van der Waals surface area contributed by atoms with Gasteiger partial charge in [0.1, 0.15) is 5.82 Å². The highest BCUT2D eigenvalue weighted by Crippen LogP contribution is 2.18. The number of nitrogens with zero attached hydrogens (tertiary/aromatic N) is 2. The summed E-state index contributed by atoms with van der Waals surface area (Å²) in [5, 5.41) is 13.3. The lowest BCUT2D eigenvalue weighted by Crippen LogP contribution is -2.14. The van der Waals surface area contributed by atoms with Crippen LogP contribution in [0.15, 0.2) is 36.5 Å². The maximum Gasteiger partial charge on any atom is 0.269 e. The van der Waals surface area contributed by atoms with Crippen LogP contribution in [-0.2, 0) is 0 Å². The molecule has 0 unspecified atom stereocenters. The Hall–Kier alpha value is -2.03. The Morgan fingerprint density at radius 1 is 1.35 bits per heavy atom. The van der Waals surface area contributed by atoms with Crippen molar-refractivity contribution in [1.82, 2.24) is 4.98 Å².